The van der Waals surface area contributed by atoms with Crippen LogP contribution in [0.4, 0.5) is 4.39 Å². The van der Waals surface area contributed by atoms with E-state index in [4.69, 9.17) is 31.5 Å². The number of morpholine rings is 1. The Labute approximate surface area is 265 Å². The molecule has 0 saturated carbocycles. The van der Waals surface area contributed by atoms with Crippen LogP contribution in [-0.4, -0.2) is 83.7 Å². The predicted octanol–water partition coefficient (Wildman–Crippen LogP) is 5.74. The summed E-state index contributed by atoms with van der Waals surface area (Å²) in [5, 5.41) is 9.13. The van der Waals surface area contributed by atoms with Gasteiger partial charge in [-0.05, 0) is 72.5 Å². The third-order valence-corrected chi connectivity index (χ3v) is 8.71. The summed E-state index contributed by atoms with van der Waals surface area (Å²) >= 11 is 6.78. The summed E-state index contributed by atoms with van der Waals surface area (Å²) in [7, 11) is 0. The van der Waals surface area contributed by atoms with Crippen molar-refractivity contribution in [1.29, 1.82) is 0 Å². The van der Waals surface area contributed by atoms with Crippen LogP contribution >= 0.6 is 24.0 Å². The first-order chi connectivity index (χ1) is 21.3. The minimum Gasteiger partial charge on any atom is -0.492 e. The van der Waals surface area contributed by atoms with Crippen LogP contribution in [0.5, 0.6) is 11.5 Å². The van der Waals surface area contributed by atoms with Crippen LogP contribution in [0.1, 0.15) is 28.4 Å². The highest BCUT2D eigenvalue weighted by molar-refractivity contribution is 8.26. The summed E-state index contributed by atoms with van der Waals surface area (Å²) in [5.74, 6) is -0.841. The van der Waals surface area contributed by atoms with Gasteiger partial charge in [-0.25, -0.2) is 9.18 Å². The number of nitrogens with zero attached hydrogens (tertiary/aromatic N) is 2. The monoisotopic (exact) mass is 636 g/mol. The smallest absolute Gasteiger partial charge is 0.335 e. The number of thioether (sulfide) groups is 1. The van der Waals surface area contributed by atoms with Crippen molar-refractivity contribution in [1.82, 2.24) is 9.80 Å². The van der Waals surface area contributed by atoms with Gasteiger partial charge in [0.15, 0.2) is 11.6 Å². The molecule has 0 atom stereocenters. The van der Waals surface area contributed by atoms with Gasteiger partial charge in [0.25, 0.3) is 5.91 Å². The molecule has 0 bridgehead atoms. The zero-order chi connectivity index (χ0) is 31.1. The lowest BCUT2D eigenvalue weighted by molar-refractivity contribution is -0.122. The zero-order valence-corrected chi connectivity index (χ0v) is 25.9. The van der Waals surface area contributed by atoms with Gasteiger partial charge in [0.2, 0.25) is 0 Å². The lowest BCUT2D eigenvalue weighted by Gasteiger charge is -2.26. The van der Waals surface area contributed by atoms with E-state index in [-0.39, 0.29) is 17.2 Å². The molecule has 2 saturated heterocycles. The minimum atomic E-state index is -0.986. The first-order valence-corrected chi connectivity index (χ1v) is 15.6. The molecule has 0 unspecified atom stereocenters. The average molecular weight is 637 g/mol. The largest absolute Gasteiger partial charge is 0.492 e. The molecule has 1 N–H and O–H groups in total. The molecule has 2 heterocycles. The van der Waals surface area contributed by atoms with Gasteiger partial charge in [-0.15, -0.1) is 0 Å². The number of hydrogen-bond donors (Lipinski definition) is 1. The van der Waals surface area contributed by atoms with Gasteiger partial charge in [0, 0.05) is 31.7 Å². The summed E-state index contributed by atoms with van der Waals surface area (Å²) in [4.78, 5) is 28.9. The highest BCUT2D eigenvalue weighted by Crippen LogP contribution is 2.36. The molecule has 2 fully saturated rings. The number of ether oxygens (including phenoxy) is 3. The molecular weight excluding hydrogens is 604 g/mol. The van der Waals surface area contributed by atoms with Gasteiger partial charge in [-0.3, -0.25) is 14.6 Å². The predicted molar refractivity (Wildman–Crippen MR) is 173 cm³/mol. The lowest BCUT2D eigenvalue weighted by atomic mass is 10.0. The third kappa shape index (κ3) is 7.84. The third-order valence-electron chi connectivity index (χ3n) is 7.33. The summed E-state index contributed by atoms with van der Waals surface area (Å²) < 4.78 is 32.1. The maximum Gasteiger partial charge on any atom is 0.335 e. The standard InChI is InChI=1S/C33H33FN2O6S2/c1-2-41-29-10-8-25(20-27(29)34)24-7-9-28(42-18-15-35-13-16-40-17-14-35)26(19-24)21-30-31(37)36(33(43)44-30)12-11-22-3-5-23(6-4-22)32(38)39/h3-10,19-21H,2,11-18H2,1H3,(H,38,39)/b30-21-. The number of carbonyl (C=O) groups excluding carboxylic acids is 1. The van der Waals surface area contributed by atoms with Crippen molar-refractivity contribution in [3.05, 3.63) is 88.1 Å². The van der Waals surface area contributed by atoms with Crippen molar-refractivity contribution < 1.29 is 33.3 Å². The molecule has 230 valence electrons. The van der Waals surface area contributed by atoms with E-state index in [0.29, 0.717) is 65.5 Å². The van der Waals surface area contributed by atoms with Crippen LogP contribution in [0.15, 0.2) is 65.6 Å². The Morgan fingerprint density at radius 3 is 2.41 bits per heavy atom. The van der Waals surface area contributed by atoms with E-state index in [0.717, 1.165) is 30.8 Å². The quantitative estimate of drug-likeness (QED) is 0.197. The molecule has 5 rings (SSSR count). The molecule has 0 radical (unpaired) electrons. The molecule has 2 aliphatic rings. The van der Waals surface area contributed by atoms with Crippen LogP contribution < -0.4 is 9.47 Å². The second-order valence-corrected chi connectivity index (χ2v) is 11.9. The second-order valence-electron chi connectivity index (χ2n) is 10.2. The first kappa shape index (κ1) is 31.6. The Morgan fingerprint density at radius 1 is 1.02 bits per heavy atom. The molecule has 0 aromatic heterocycles. The van der Waals surface area contributed by atoms with Crippen LogP contribution in [0, 0.1) is 5.82 Å². The van der Waals surface area contributed by atoms with Gasteiger partial charge in [0.05, 0.1) is 30.3 Å². The fraction of sp³-hybridized carbons (Fsp3) is 0.303. The van der Waals surface area contributed by atoms with Crippen molar-refractivity contribution in [3.8, 4) is 22.6 Å². The van der Waals surface area contributed by atoms with Crippen molar-refractivity contribution in [2.45, 2.75) is 13.3 Å². The Hall–Kier alpha value is -3.77. The average Bonchev–Trinajstić information content (AvgIpc) is 3.29. The van der Waals surface area contributed by atoms with E-state index in [1.54, 1.807) is 54.3 Å². The number of amides is 1. The Morgan fingerprint density at radius 2 is 1.73 bits per heavy atom. The molecule has 3 aromatic carbocycles. The van der Waals surface area contributed by atoms with Crippen LogP contribution in [-0.2, 0) is 16.0 Å². The SMILES string of the molecule is CCOc1ccc(-c2ccc(OCCN3CCOCC3)c(/C=C3\SC(=S)N(CCc4ccc(C(=O)O)cc4)C3=O)c2)cc1F. The molecule has 0 aliphatic carbocycles. The number of rotatable bonds is 12. The maximum atomic E-state index is 14.7. The topological polar surface area (TPSA) is 88.5 Å². The van der Waals surface area contributed by atoms with Crippen molar-refractivity contribution >= 4 is 46.3 Å². The maximum absolute atomic E-state index is 14.7. The highest BCUT2D eigenvalue weighted by Gasteiger charge is 2.32. The summed E-state index contributed by atoms with van der Waals surface area (Å²) in [5.41, 5.74) is 3.23. The zero-order valence-electron chi connectivity index (χ0n) is 24.3. The van der Waals surface area contributed by atoms with Gasteiger partial charge < -0.3 is 19.3 Å². The summed E-state index contributed by atoms with van der Waals surface area (Å²) in [6, 6.07) is 17.0. The number of carboxylic acid groups (broad SMARTS) is 1. The lowest BCUT2D eigenvalue weighted by Crippen LogP contribution is -2.38. The number of halogens is 1. The van der Waals surface area contributed by atoms with Gasteiger partial charge in [-0.2, -0.15) is 0 Å². The van der Waals surface area contributed by atoms with Gasteiger partial charge >= 0.3 is 5.97 Å². The van der Waals surface area contributed by atoms with E-state index in [1.807, 2.05) is 18.2 Å². The fourth-order valence-corrected chi connectivity index (χ4v) is 6.22. The number of benzene rings is 3. The summed E-state index contributed by atoms with van der Waals surface area (Å²) in [6.45, 7) is 6.84. The Kier molecular flexibility index (Phi) is 10.6. The summed E-state index contributed by atoms with van der Waals surface area (Å²) in [6.07, 6.45) is 2.30. The molecule has 8 nitrogen and oxygen atoms in total. The van der Waals surface area contributed by atoms with E-state index >= 15 is 0 Å². The number of hydrogen-bond acceptors (Lipinski definition) is 8. The number of aromatic carboxylic acids is 1. The Balaban J connectivity index is 1.36. The first-order valence-electron chi connectivity index (χ1n) is 14.4. The molecule has 0 spiro atoms. The minimum absolute atomic E-state index is 0.195. The van der Waals surface area contributed by atoms with Crippen molar-refractivity contribution in [2.24, 2.45) is 0 Å². The van der Waals surface area contributed by atoms with Crippen LogP contribution in [0.25, 0.3) is 17.2 Å². The number of carboxylic acids is 1. The van der Waals surface area contributed by atoms with E-state index in [1.165, 1.54) is 17.8 Å². The fourth-order valence-electron chi connectivity index (χ4n) is 4.92. The van der Waals surface area contributed by atoms with Gasteiger partial charge in [0.1, 0.15) is 16.7 Å². The molecule has 1 amide bonds. The highest BCUT2D eigenvalue weighted by atomic mass is 32.2. The van der Waals surface area contributed by atoms with Crippen molar-refractivity contribution in [3.63, 3.8) is 0 Å². The molecule has 3 aromatic rings. The second kappa shape index (κ2) is 14.8. The number of thiocarbonyl (C=S) groups is 1. The molecule has 2 aliphatic heterocycles. The van der Waals surface area contributed by atoms with E-state index in [9.17, 15) is 14.0 Å². The van der Waals surface area contributed by atoms with Gasteiger partial charge in [-0.1, -0.05) is 48.2 Å². The van der Waals surface area contributed by atoms with Crippen LogP contribution in [0.3, 0.4) is 0 Å². The molecular formula is C33H33FN2O6S2. The number of carbonyl (C=O) groups is 2. The van der Waals surface area contributed by atoms with Crippen LogP contribution in [0.2, 0.25) is 0 Å². The van der Waals surface area contributed by atoms with E-state index in [2.05, 4.69) is 4.90 Å². The molecule has 11 heteroatoms. The van der Waals surface area contributed by atoms with Crippen molar-refractivity contribution in [2.75, 3.05) is 52.6 Å². The van der Waals surface area contributed by atoms with E-state index < -0.39 is 11.8 Å². The Bertz CT molecular complexity index is 1560. The molecule has 44 heavy (non-hydrogen) atoms. The normalized spacial score (nSPS) is 16.5.